The molecule has 0 unspecified atom stereocenters. The van der Waals surface area contributed by atoms with E-state index in [-0.39, 0.29) is 29.5 Å². The molecule has 2 saturated heterocycles. The van der Waals surface area contributed by atoms with E-state index in [1.165, 1.54) is 6.07 Å². The van der Waals surface area contributed by atoms with Crippen molar-refractivity contribution in [1.29, 1.82) is 0 Å². The minimum absolute atomic E-state index is 0.0148. The Morgan fingerprint density at radius 2 is 2.04 bits per heavy atom. The summed E-state index contributed by atoms with van der Waals surface area (Å²) in [6.07, 6.45) is 2.96. The third kappa shape index (κ3) is 2.65. The monoisotopic (exact) mass is 382 g/mol. The molecule has 2 fully saturated rings. The van der Waals surface area contributed by atoms with Gasteiger partial charge in [-0.2, -0.15) is 0 Å². The Morgan fingerprint density at radius 1 is 1.25 bits per heavy atom. The van der Waals surface area contributed by atoms with Crippen LogP contribution in [-0.4, -0.2) is 40.5 Å². The Kier molecular flexibility index (Phi) is 4.52. The minimum atomic E-state index is -0.637. The number of H-pyrrole nitrogens is 1. The van der Waals surface area contributed by atoms with Gasteiger partial charge in [0.05, 0.1) is 17.6 Å². The Labute approximate surface area is 163 Å². The zero-order valence-corrected chi connectivity index (χ0v) is 16.6. The predicted molar refractivity (Wildman–Crippen MR) is 106 cm³/mol. The van der Waals surface area contributed by atoms with Gasteiger partial charge in [-0.1, -0.05) is 18.6 Å². The third-order valence-electron chi connectivity index (χ3n) is 6.52. The molecule has 1 aromatic heterocycles. The number of nitrogens with zero attached hydrogens (tertiary/aromatic N) is 1. The van der Waals surface area contributed by atoms with Gasteiger partial charge in [0.1, 0.15) is 0 Å². The fraction of sp³-hybridized carbons (Fsp3) is 0.500. The van der Waals surface area contributed by atoms with Crippen molar-refractivity contribution in [3.05, 3.63) is 45.7 Å². The van der Waals surface area contributed by atoms with Gasteiger partial charge >= 0.3 is 5.97 Å². The van der Waals surface area contributed by atoms with E-state index >= 15 is 0 Å². The molecule has 148 valence electrons. The molecule has 0 aliphatic carbocycles. The molecule has 6 nitrogen and oxygen atoms in total. The lowest BCUT2D eigenvalue weighted by molar-refractivity contribution is -0.157. The number of hydrogen-bond acceptors (Lipinski definition) is 4. The van der Waals surface area contributed by atoms with Crippen LogP contribution < -0.4 is 5.56 Å². The maximum absolute atomic E-state index is 13.6. The maximum atomic E-state index is 13.6. The fourth-order valence-corrected chi connectivity index (χ4v) is 5.19. The maximum Gasteiger partial charge on any atom is 0.314 e. The van der Waals surface area contributed by atoms with Crippen LogP contribution in [0.5, 0.6) is 0 Å². The molecule has 6 heteroatoms. The molecule has 0 spiro atoms. The van der Waals surface area contributed by atoms with Crippen LogP contribution in [0.3, 0.4) is 0 Å². The first-order chi connectivity index (χ1) is 13.4. The van der Waals surface area contributed by atoms with Gasteiger partial charge in [-0.05, 0) is 51.7 Å². The zero-order chi connectivity index (χ0) is 20.1. The number of nitrogens with one attached hydrogen (secondary N) is 1. The number of ether oxygens (including phenoxy) is 1. The predicted octanol–water partition coefficient (Wildman–Crippen LogP) is 3.17. The number of fused-ring (bicyclic) bond motifs is 3. The number of carbonyl (C=O) groups is 2. The number of aromatic amines is 1. The SMILES string of the molecule is CCOC(=O)[C@@]1(CC)C[C@H]2CC[C@@H]1N2C(=O)c1cc(=O)[nH]c2ccc(C)cc12. The second-order valence-corrected chi connectivity index (χ2v) is 7.99. The van der Waals surface area contributed by atoms with Crippen molar-refractivity contribution in [2.75, 3.05) is 6.61 Å². The number of esters is 1. The van der Waals surface area contributed by atoms with Gasteiger partial charge in [-0.3, -0.25) is 14.4 Å². The molecule has 1 amide bonds. The normalized spacial score (nSPS) is 26.0. The molecule has 2 bridgehead atoms. The molecule has 3 heterocycles. The topological polar surface area (TPSA) is 79.5 Å². The van der Waals surface area contributed by atoms with E-state index in [9.17, 15) is 14.4 Å². The Balaban J connectivity index is 1.78. The lowest BCUT2D eigenvalue weighted by atomic mass is 9.72. The van der Waals surface area contributed by atoms with Crippen molar-refractivity contribution in [1.82, 2.24) is 9.88 Å². The second-order valence-electron chi connectivity index (χ2n) is 7.99. The molecule has 1 N–H and O–H groups in total. The number of hydrogen-bond donors (Lipinski definition) is 1. The van der Waals surface area contributed by atoms with E-state index in [0.29, 0.717) is 30.5 Å². The summed E-state index contributed by atoms with van der Waals surface area (Å²) in [5.41, 5.74) is 1.16. The van der Waals surface area contributed by atoms with Crippen molar-refractivity contribution in [2.24, 2.45) is 5.41 Å². The summed E-state index contributed by atoms with van der Waals surface area (Å²) in [4.78, 5) is 43.2. The van der Waals surface area contributed by atoms with Gasteiger partial charge in [0.25, 0.3) is 5.91 Å². The summed E-state index contributed by atoms with van der Waals surface area (Å²) < 4.78 is 5.38. The van der Waals surface area contributed by atoms with Gasteiger partial charge in [0.2, 0.25) is 5.56 Å². The minimum Gasteiger partial charge on any atom is -0.466 e. The summed E-state index contributed by atoms with van der Waals surface area (Å²) in [5.74, 6) is -0.358. The Hall–Kier alpha value is -2.63. The third-order valence-corrected chi connectivity index (χ3v) is 6.52. The highest BCUT2D eigenvalue weighted by Gasteiger charge is 2.61. The smallest absolute Gasteiger partial charge is 0.314 e. The highest BCUT2D eigenvalue weighted by molar-refractivity contribution is 6.07. The van der Waals surface area contributed by atoms with Gasteiger partial charge in [0, 0.05) is 29.1 Å². The van der Waals surface area contributed by atoms with Crippen LogP contribution in [0.25, 0.3) is 10.9 Å². The molecule has 1 aromatic carbocycles. The van der Waals surface area contributed by atoms with Crippen LogP contribution in [0, 0.1) is 12.3 Å². The lowest BCUT2D eigenvalue weighted by Crippen LogP contribution is -2.45. The van der Waals surface area contributed by atoms with Crippen LogP contribution >= 0.6 is 0 Å². The largest absolute Gasteiger partial charge is 0.466 e. The number of aryl methyl sites for hydroxylation is 1. The second kappa shape index (κ2) is 6.76. The van der Waals surface area contributed by atoms with E-state index in [1.807, 2.05) is 43.9 Å². The van der Waals surface area contributed by atoms with Crippen LogP contribution in [0.1, 0.15) is 55.5 Å². The van der Waals surface area contributed by atoms with Crippen molar-refractivity contribution in [2.45, 2.75) is 58.5 Å². The molecule has 2 aliphatic rings. The van der Waals surface area contributed by atoms with Crippen LogP contribution in [0.2, 0.25) is 0 Å². The molecule has 2 aliphatic heterocycles. The first-order valence-electron chi connectivity index (χ1n) is 10.0. The molecule has 3 atom stereocenters. The van der Waals surface area contributed by atoms with E-state index < -0.39 is 5.41 Å². The van der Waals surface area contributed by atoms with E-state index in [1.54, 1.807) is 0 Å². The molecule has 0 saturated carbocycles. The van der Waals surface area contributed by atoms with Crippen LogP contribution in [0.4, 0.5) is 0 Å². The first-order valence-corrected chi connectivity index (χ1v) is 10.0. The van der Waals surface area contributed by atoms with E-state index in [0.717, 1.165) is 23.8 Å². The van der Waals surface area contributed by atoms with Gasteiger partial charge in [-0.25, -0.2) is 0 Å². The number of benzene rings is 1. The molecule has 2 aromatic rings. The van der Waals surface area contributed by atoms with Crippen molar-refractivity contribution in [3.8, 4) is 0 Å². The highest BCUT2D eigenvalue weighted by atomic mass is 16.5. The Morgan fingerprint density at radius 3 is 2.75 bits per heavy atom. The number of aromatic nitrogens is 1. The van der Waals surface area contributed by atoms with Crippen LogP contribution in [-0.2, 0) is 9.53 Å². The number of amides is 1. The summed E-state index contributed by atoms with van der Waals surface area (Å²) in [6.45, 7) is 6.10. The van der Waals surface area contributed by atoms with Crippen molar-refractivity contribution in [3.63, 3.8) is 0 Å². The summed E-state index contributed by atoms with van der Waals surface area (Å²) in [6, 6.07) is 6.90. The summed E-state index contributed by atoms with van der Waals surface area (Å²) in [5, 5.41) is 0.745. The summed E-state index contributed by atoms with van der Waals surface area (Å²) in [7, 11) is 0. The number of carbonyl (C=O) groups excluding carboxylic acids is 2. The molecular weight excluding hydrogens is 356 g/mol. The molecule has 0 radical (unpaired) electrons. The quantitative estimate of drug-likeness (QED) is 0.824. The lowest BCUT2D eigenvalue weighted by Gasteiger charge is -2.34. The summed E-state index contributed by atoms with van der Waals surface area (Å²) >= 11 is 0. The molecule has 28 heavy (non-hydrogen) atoms. The zero-order valence-electron chi connectivity index (χ0n) is 16.6. The van der Waals surface area contributed by atoms with E-state index in [2.05, 4.69) is 4.98 Å². The highest BCUT2D eigenvalue weighted by Crippen LogP contribution is 2.53. The average molecular weight is 382 g/mol. The molecular formula is C22H26N2O4. The van der Waals surface area contributed by atoms with Crippen LogP contribution in [0.15, 0.2) is 29.1 Å². The number of rotatable bonds is 4. The molecule has 4 rings (SSSR count). The van der Waals surface area contributed by atoms with Crippen molar-refractivity contribution < 1.29 is 14.3 Å². The van der Waals surface area contributed by atoms with Gasteiger partial charge in [0.15, 0.2) is 0 Å². The Bertz CT molecular complexity index is 1010. The fourth-order valence-electron chi connectivity index (χ4n) is 5.19. The average Bonchev–Trinajstić information content (AvgIpc) is 3.23. The number of pyridine rings is 1. The van der Waals surface area contributed by atoms with E-state index in [4.69, 9.17) is 4.74 Å². The standard InChI is InChI=1S/C22H26N2O4/c1-4-22(21(27)28-5-2)12-14-7-9-18(22)24(14)20(26)16-11-19(25)23-17-8-6-13(3)10-15(16)17/h6,8,10-11,14,18H,4-5,7,9,12H2,1-3H3,(H,23,25)/t14-,18+,22+/m1/s1. The van der Waals surface area contributed by atoms with Gasteiger partial charge < -0.3 is 14.6 Å². The van der Waals surface area contributed by atoms with Crippen molar-refractivity contribution >= 4 is 22.8 Å². The first kappa shape index (κ1) is 18.7. The van der Waals surface area contributed by atoms with Gasteiger partial charge in [-0.15, -0.1) is 0 Å².